The van der Waals surface area contributed by atoms with Crippen molar-refractivity contribution in [1.29, 1.82) is 0 Å². The molecule has 3 fully saturated rings. The number of carbonyl (C=O) groups excluding carboxylic acids is 1. The van der Waals surface area contributed by atoms with Crippen LogP contribution in [-0.2, 0) is 20.7 Å². The largest absolute Gasteiger partial charge is 0.496 e. The molecule has 49 heavy (non-hydrogen) atoms. The van der Waals surface area contributed by atoms with E-state index in [1.165, 1.54) is 42.3 Å². The van der Waals surface area contributed by atoms with Gasteiger partial charge in [0.1, 0.15) is 17.4 Å². The summed E-state index contributed by atoms with van der Waals surface area (Å²) >= 11 is 6.07. The van der Waals surface area contributed by atoms with E-state index in [0.29, 0.717) is 40.4 Å². The van der Waals surface area contributed by atoms with Gasteiger partial charge in [0.25, 0.3) is 5.92 Å². The van der Waals surface area contributed by atoms with E-state index in [1.807, 2.05) is 0 Å². The number of methoxy groups -OCH3 is 1. The van der Waals surface area contributed by atoms with Crippen LogP contribution in [0.3, 0.4) is 0 Å². The Kier molecular flexibility index (Phi) is 9.06. The Morgan fingerprint density at radius 2 is 1.67 bits per heavy atom. The van der Waals surface area contributed by atoms with Gasteiger partial charge in [-0.1, -0.05) is 48.0 Å². The third kappa shape index (κ3) is 6.49. The van der Waals surface area contributed by atoms with E-state index in [1.54, 1.807) is 42.5 Å². The average molecular weight is 710 g/mol. The summed E-state index contributed by atoms with van der Waals surface area (Å²) in [7, 11) is -3.17. The standard InChI is InChI=1S/C37H38ClF2N3O5S/c1-47-32-17-26(9-13-30(32)22-6-10-27(38)11-7-22)37(39,40)35(36(44)43-20-24-18-42-19-25(24)21-43)34-31-14-12-29(48-28-4-2-3-5-28)16-23(31)8-15-33(34)49(41,45)46/h6-17,24-25,28,35,42H,2-5,18-21H2,1H3,(H2,41,45,46)/t24-,25+,35-/m1/s1. The fraction of sp³-hybridized carbons (Fsp3) is 0.378. The highest BCUT2D eigenvalue weighted by Gasteiger charge is 2.52. The van der Waals surface area contributed by atoms with Crippen molar-refractivity contribution in [3.63, 3.8) is 0 Å². The fourth-order valence-electron chi connectivity index (χ4n) is 7.74. The predicted octanol–water partition coefficient (Wildman–Crippen LogP) is 6.69. The molecule has 3 atom stereocenters. The highest BCUT2D eigenvalue weighted by Crippen LogP contribution is 2.50. The van der Waals surface area contributed by atoms with E-state index in [2.05, 4.69) is 5.32 Å². The molecule has 2 saturated heterocycles. The predicted molar refractivity (Wildman–Crippen MR) is 185 cm³/mol. The summed E-state index contributed by atoms with van der Waals surface area (Å²) in [4.78, 5) is 15.5. The summed E-state index contributed by atoms with van der Waals surface area (Å²) < 4.78 is 72.9. The number of ether oxygens (including phenoxy) is 2. The van der Waals surface area contributed by atoms with Gasteiger partial charge >= 0.3 is 0 Å². The van der Waals surface area contributed by atoms with Gasteiger partial charge in [-0.05, 0) is 95.8 Å². The number of nitrogens with one attached hydrogen (secondary N) is 1. The summed E-state index contributed by atoms with van der Waals surface area (Å²) in [6.07, 6.45) is 4.03. The molecular formula is C37H38ClF2N3O5S. The third-order valence-electron chi connectivity index (χ3n) is 10.2. The van der Waals surface area contributed by atoms with E-state index in [9.17, 15) is 13.2 Å². The maximum Gasteiger partial charge on any atom is 0.288 e. The van der Waals surface area contributed by atoms with E-state index in [4.69, 9.17) is 26.2 Å². The van der Waals surface area contributed by atoms with Gasteiger partial charge in [0, 0.05) is 42.3 Å². The molecule has 0 bridgehead atoms. The topological polar surface area (TPSA) is 111 Å². The molecule has 4 aromatic rings. The Hall–Kier alpha value is -3.77. The van der Waals surface area contributed by atoms with E-state index in [0.717, 1.165) is 25.7 Å². The molecule has 0 spiro atoms. The van der Waals surface area contributed by atoms with Crippen molar-refractivity contribution >= 4 is 38.3 Å². The number of halogens is 3. The number of rotatable bonds is 9. The highest BCUT2D eigenvalue weighted by molar-refractivity contribution is 7.89. The molecule has 12 heteroatoms. The molecule has 1 amide bonds. The van der Waals surface area contributed by atoms with Crippen LogP contribution >= 0.6 is 11.6 Å². The van der Waals surface area contributed by atoms with E-state index in [-0.39, 0.29) is 47.7 Å². The molecule has 3 aliphatic rings. The molecule has 258 valence electrons. The quantitative estimate of drug-likeness (QED) is 0.200. The van der Waals surface area contributed by atoms with Crippen LogP contribution in [0, 0.1) is 11.8 Å². The maximum absolute atomic E-state index is 17.5. The number of nitrogens with zero attached hydrogens (tertiary/aromatic N) is 1. The van der Waals surface area contributed by atoms with Crippen LogP contribution < -0.4 is 19.9 Å². The van der Waals surface area contributed by atoms with Crippen LogP contribution in [0.2, 0.25) is 5.02 Å². The van der Waals surface area contributed by atoms with Crippen LogP contribution in [-0.4, -0.2) is 58.6 Å². The lowest BCUT2D eigenvalue weighted by molar-refractivity contribution is -0.143. The second-order valence-corrected chi connectivity index (χ2v) is 15.3. The number of benzene rings is 4. The number of alkyl halides is 2. The number of hydrogen-bond donors (Lipinski definition) is 2. The minimum absolute atomic E-state index is 0.0502. The molecule has 3 N–H and O–H groups in total. The molecule has 4 aromatic carbocycles. The van der Waals surface area contributed by atoms with Crippen LogP contribution in [0.25, 0.3) is 21.9 Å². The number of nitrogens with two attached hydrogens (primary N) is 1. The molecule has 0 unspecified atom stereocenters. The van der Waals surface area contributed by atoms with Crippen molar-refractivity contribution < 1.29 is 31.5 Å². The monoisotopic (exact) mass is 709 g/mol. The Labute approximate surface area is 289 Å². The van der Waals surface area contributed by atoms with Gasteiger partial charge < -0.3 is 19.7 Å². The van der Waals surface area contributed by atoms with Gasteiger partial charge in [-0.3, -0.25) is 4.79 Å². The highest BCUT2D eigenvalue weighted by atomic mass is 35.5. The molecule has 0 aromatic heterocycles. The SMILES string of the molecule is COc1cc(C(F)(F)[C@@H](C(=O)N2C[C@H]3CNC[C@H]3C2)c2c(S(N)(=O)=O)ccc3cc(OC4CCCC4)ccc23)ccc1-c1ccc(Cl)cc1. The van der Waals surface area contributed by atoms with Crippen molar-refractivity contribution in [2.24, 2.45) is 17.0 Å². The normalized spacial score (nSPS) is 20.5. The van der Waals surface area contributed by atoms with Gasteiger partial charge in [0.05, 0.1) is 18.1 Å². The smallest absolute Gasteiger partial charge is 0.288 e. The zero-order valence-corrected chi connectivity index (χ0v) is 28.6. The molecule has 1 saturated carbocycles. The first-order valence-corrected chi connectivity index (χ1v) is 18.4. The summed E-state index contributed by atoms with van der Waals surface area (Å²) in [6.45, 7) is 1.94. The molecule has 7 rings (SSSR count). The lowest BCUT2D eigenvalue weighted by atomic mass is 9.83. The number of primary sulfonamides is 1. The third-order valence-corrected chi connectivity index (χ3v) is 11.5. The zero-order chi connectivity index (χ0) is 34.5. The Balaban J connectivity index is 1.39. The lowest BCUT2D eigenvalue weighted by Crippen LogP contribution is -2.42. The van der Waals surface area contributed by atoms with Crippen LogP contribution in [0.1, 0.15) is 42.7 Å². The summed E-state index contributed by atoms with van der Waals surface area (Å²) in [5, 5.41) is 10.2. The number of hydrogen-bond acceptors (Lipinski definition) is 6. The number of fused-ring (bicyclic) bond motifs is 2. The molecule has 8 nitrogen and oxygen atoms in total. The first-order valence-electron chi connectivity index (χ1n) is 16.5. The molecule has 1 aliphatic carbocycles. The number of sulfonamides is 1. The van der Waals surface area contributed by atoms with Crippen molar-refractivity contribution in [2.45, 2.75) is 48.5 Å². The van der Waals surface area contributed by atoms with Crippen LogP contribution in [0.4, 0.5) is 8.78 Å². The second-order valence-electron chi connectivity index (χ2n) is 13.3. The number of carbonyl (C=O) groups is 1. The maximum atomic E-state index is 17.5. The van der Waals surface area contributed by atoms with Gasteiger partial charge in [0.2, 0.25) is 15.9 Å². The summed E-state index contributed by atoms with van der Waals surface area (Å²) in [5.74, 6) is -6.02. The molecular weight excluding hydrogens is 672 g/mol. The van der Waals surface area contributed by atoms with E-state index < -0.39 is 38.2 Å². The Bertz CT molecular complexity index is 1990. The summed E-state index contributed by atoms with van der Waals surface area (Å²) in [6, 6.07) is 18.5. The second kappa shape index (κ2) is 13.2. The number of likely N-dealkylation sites (tertiary alicyclic amines) is 1. The average Bonchev–Trinajstić information content (AvgIpc) is 3.84. The summed E-state index contributed by atoms with van der Waals surface area (Å²) in [5.41, 5.74) is 0.409. The van der Waals surface area contributed by atoms with Crippen molar-refractivity contribution in [2.75, 3.05) is 33.3 Å². The lowest BCUT2D eigenvalue weighted by Gasteiger charge is -2.32. The van der Waals surface area contributed by atoms with Gasteiger partial charge in [0.15, 0.2) is 0 Å². The fourth-order valence-corrected chi connectivity index (χ4v) is 8.66. The molecule has 0 radical (unpaired) electrons. The minimum Gasteiger partial charge on any atom is -0.496 e. The van der Waals surface area contributed by atoms with Crippen molar-refractivity contribution in [1.82, 2.24) is 10.2 Å². The van der Waals surface area contributed by atoms with Gasteiger partial charge in [-0.2, -0.15) is 0 Å². The van der Waals surface area contributed by atoms with Crippen LogP contribution in [0.5, 0.6) is 11.5 Å². The zero-order valence-electron chi connectivity index (χ0n) is 27.0. The van der Waals surface area contributed by atoms with Gasteiger partial charge in [-0.15, -0.1) is 0 Å². The molecule has 2 heterocycles. The Morgan fingerprint density at radius 3 is 2.33 bits per heavy atom. The van der Waals surface area contributed by atoms with E-state index >= 15 is 8.78 Å². The van der Waals surface area contributed by atoms with Crippen molar-refractivity contribution in [3.05, 3.63) is 88.9 Å². The number of amides is 1. The van der Waals surface area contributed by atoms with Gasteiger partial charge in [-0.25, -0.2) is 22.3 Å². The first-order chi connectivity index (χ1) is 23.4. The van der Waals surface area contributed by atoms with Crippen molar-refractivity contribution in [3.8, 4) is 22.6 Å². The first kappa shape index (κ1) is 33.7. The Morgan fingerprint density at radius 1 is 0.980 bits per heavy atom. The molecule has 2 aliphatic heterocycles. The minimum atomic E-state index is -4.55. The van der Waals surface area contributed by atoms with Crippen LogP contribution in [0.15, 0.2) is 77.7 Å².